The summed E-state index contributed by atoms with van der Waals surface area (Å²) in [5.74, 6) is 2.54. The molecule has 6 nitrogen and oxygen atoms in total. The first-order chi connectivity index (χ1) is 13.6. The van der Waals surface area contributed by atoms with Gasteiger partial charge in [0.25, 0.3) is 0 Å². The lowest BCUT2D eigenvalue weighted by Gasteiger charge is -2.30. The van der Waals surface area contributed by atoms with Crippen molar-refractivity contribution < 1.29 is 18.8 Å². The molecule has 0 saturated heterocycles. The summed E-state index contributed by atoms with van der Waals surface area (Å²) in [5.41, 5.74) is 1.03. The minimum Gasteiger partial charge on any atom is -0.493 e. The lowest BCUT2D eigenvalue weighted by molar-refractivity contribution is -0.125. The van der Waals surface area contributed by atoms with Crippen LogP contribution in [0.15, 0.2) is 28.8 Å². The quantitative estimate of drug-likeness (QED) is 0.812. The van der Waals surface area contributed by atoms with Crippen LogP contribution in [-0.2, 0) is 10.2 Å². The van der Waals surface area contributed by atoms with E-state index in [0.717, 1.165) is 30.5 Å². The van der Waals surface area contributed by atoms with Crippen molar-refractivity contribution in [3.8, 4) is 22.8 Å². The number of aromatic nitrogens is 1. The fraction of sp³-hybridized carbons (Fsp3) is 0.545. The van der Waals surface area contributed by atoms with Crippen LogP contribution in [0.1, 0.15) is 51.1 Å². The molecule has 2 unspecified atom stereocenters. The number of benzene rings is 1. The van der Waals surface area contributed by atoms with E-state index in [1.165, 1.54) is 19.3 Å². The Balaban J connectivity index is 1.53. The molecule has 0 spiro atoms. The molecule has 1 N–H and O–H groups in total. The van der Waals surface area contributed by atoms with Crippen LogP contribution in [0.4, 0.5) is 0 Å². The van der Waals surface area contributed by atoms with E-state index in [4.69, 9.17) is 14.0 Å². The molecule has 4 rings (SSSR count). The average Bonchev–Trinajstić information content (AvgIpc) is 3.39. The summed E-state index contributed by atoms with van der Waals surface area (Å²) in [7, 11) is 3.20. The topological polar surface area (TPSA) is 73.6 Å². The Bertz CT molecular complexity index is 856. The number of methoxy groups -OCH3 is 2. The van der Waals surface area contributed by atoms with Gasteiger partial charge in [0, 0.05) is 17.7 Å². The van der Waals surface area contributed by atoms with E-state index in [-0.39, 0.29) is 11.9 Å². The molecule has 0 aliphatic heterocycles. The summed E-state index contributed by atoms with van der Waals surface area (Å²) in [4.78, 5) is 13.0. The molecule has 2 aromatic rings. The third-order valence-electron chi connectivity index (χ3n) is 6.28. The highest BCUT2D eigenvalue weighted by Crippen LogP contribution is 2.49. The van der Waals surface area contributed by atoms with Gasteiger partial charge < -0.3 is 19.3 Å². The Morgan fingerprint density at radius 2 is 1.89 bits per heavy atom. The molecule has 28 heavy (non-hydrogen) atoms. The highest BCUT2D eigenvalue weighted by molar-refractivity contribution is 5.91. The maximum Gasteiger partial charge on any atom is 0.232 e. The Morgan fingerprint density at radius 3 is 2.57 bits per heavy atom. The van der Waals surface area contributed by atoms with Gasteiger partial charge in [0.2, 0.25) is 5.91 Å². The monoisotopic (exact) mass is 384 g/mol. The second-order valence-electron chi connectivity index (χ2n) is 8.07. The summed E-state index contributed by atoms with van der Waals surface area (Å²) in [5, 5.41) is 7.55. The van der Waals surface area contributed by atoms with Gasteiger partial charge in [0.15, 0.2) is 17.3 Å². The number of nitrogens with zero attached hydrogens (tertiary/aromatic N) is 1. The summed E-state index contributed by atoms with van der Waals surface area (Å²) in [6.07, 6.45) is 6.34. The second kappa shape index (κ2) is 7.49. The largest absolute Gasteiger partial charge is 0.493 e. The zero-order chi connectivity index (χ0) is 19.7. The van der Waals surface area contributed by atoms with Crippen molar-refractivity contribution in [3.63, 3.8) is 0 Å². The van der Waals surface area contributed by atoms with Crippen molar-refractivity contribution in [2.75, 3.05) is 14.2 Å². The predicted octanol–water partition coefficient (Wildman–Crippen LogP) is 4.09. The van der Waals surface area contributed by atoms with Crippen molar-refractivity contribution in [2.45, 2.75) is 56.9 Å². The smallest absolute Gasteiger partial charge is 0.232 e. The van der Waals surface area contributed by atoms with Gasteiger partial charge in [-0.3, -0.25) is 4.79 Å². The van der Waals surface area contributed by atoms with Crippen molar-refractivity contribution in [3.05, 3.63) is 30.0 Å². The molecule has 150 valence electrons. The van der Waals surface area contributed by atoms with Crippen LogP contribution >= 0.6 is 0 Å². The number of hydrogen-bond acceptors (Lipinski definition) is 5. The van der Waals surface area contributed by atoms with Crippen LogP contribution in [-0.4, -0.2) is 31.3 Å². The molecule has 1 aromatic heterocycles. The standard InChI is InChI=1S/C22H28N2O4/c1-14-6-4-5-7-16(14)23-21(25)22(10-11-22)20-13-18(28-24-20)15-8-9-17(26-2)19(12-15)27-3/h8-9,12-14,16H,4-7,10-11H2,1-3H3,(H,23,25). The molecule has 1 amide bonds. The Morgan fingerprint density at radius 1 is 1.14 bits per heavy atom. The lowest BCUT2D eigenvalue weighted by Crippen LogP contribution is -2.45. The maximum absolute atomic E-state index is 13.0. The highest BCUT2D eigenvalue weighted by atomic mass is 16.5. The second-order valence-corrected chi connectivity index (χ2v) is 8.07. The molecule has 2 fully saturated rings. The van der Waals surface area contributed by atoms with Crippen LogP contribution in [0.5, 0.6) is 11.5 Å². The molecule has 2 aliphatic carbocycles. The van der Waals surface area contributed by atoms with Gasteiger partial charge in [-0.05, 0) is 49.8 Å². The fourth-order valence-corrected chi connectivity index (χ4v) is 4.19. The van der Waals surface area contributed by atoms with Crippen LogP contribution in [0.2, 0.25) is 0 Å². The average molecular weight is 384 g/mol. The number of rotatable bonds is 6. The number of ether oxygens (including phenoxy) is 2. The summed E-state index contributed by atoms with van der Waals surface area (Å²) in [6.45, 7) is 2.23. The summed E-state index contributed by atoms with van der Waals surface area (Å²) < 4.78 is 16.2. The first kappa shape index (κ1) is 18.8. The van der Waals surface area contributed by atoms with Gasteiger partial charge in [-0.1, -0.05) is 24.9 Å². The van der Waals surface area contributed by atoms with Gasteiger partial charge in [0.1, 0.15) is 0 Å². The molecular weight excluding hydrogens is 356 g/mol. The van der Waals surface area contributed by atoms with E-state index in [9.17, 15) is 4.79 Å². The molecule has 0 bridgehead atoms. The molecule has 0 radical (unpaired) electrons. The van der Waals surface area contributed by atoms with Gasteiger partial charge in [-0.15, -0.1) is 0 Å². The molecule has 1 heterocycles. The SMILES string of the molecule is COc1ccc(-c2cc(C3(C(=O)NC4CCCCC4C)CC3)no2)cc1OC. The Labute approximate surface area is 165 Å². The third-order valence-corrected chi connectivity index (χ3v) is 6.28. The van der Waals surface area contributed by atoms with Crippen LogP contribution in [0, 0.1) is 5.92 Å². The van der Waals surface area contributed by atoms with E-state index < -0.39 is 5.41 Å². The van der Waals surface area contributed by atoms with Crippen LogP contribution in [0.25, 0.3) is 11.3 Å². The van der Waals surface area contributed by atoms with Gasteiger partial charge in [0.05, 0.1) is 25.3 Å². The molecule has 2 aliphatic rings. The molecule has 6 heteroatoms. The zero-order valence-corrected chi connectivity index (χ0v) is 16.8. The van der Waals surface area contributed by atoms with Crippen molar-refractivity contribution in [2.24, 2.45) is 5.92 Å². The van der Waals surface area contributed by atoms with Crippen molar-refractivity contribution in [1.82, 2.24) is 10.5 Å². The maximum atomic E-state index is 13.0. The van der Waals surface area contributed by atoms with E-state index >= 15 is 0 Å². The van der Waals surface area contributed by atoms with Crippen molar-refractivity contribution in [1.29, 1.82) is 0 Å². The van der Waals surface area contributed by atoms with Gasteiger partial charge in [-0.2, -0.15) is 0 Å². The predicted molar refractivity (Wildman–Crippen MR) is 106 cm³/mol. The van der Waals surface area contributed by atoms with E-state index in [1.54, 1.807) is 14.2 Å². The molecule has 1 aromatic carbocycles. The van der Waals surface area contributed by atoms with E-state index in [1.807, 2.05) is 24.3 Å². The Hall–Kier alpha value is -2.50. The number of hydrogen-bond donors (Lipinski definition) is 1. The minimum atomic E-state index is -0.532. The minimum absolute atomic E-state index is 0.0958. The Kier molecular flexibility index (Phi) is 5.04. The summed E-state index contributed by atoms with van der Waals surface area (Å²) >= 11 is 0. The van der Waals surface area contributed by atoms with Crippen LogP contribution < -0.4 is 14.8 Å². The molecular formula is C22H28N2O4. The van der Waals surface area contributed by atoms with E-state index in [0.29, 0.717) is 23.2 Å². The fourth-order valence-electron chi connectivity index (χ4n) is 4.19. The first-order valence-electron chi connectivity index (χ1n) is 10.1. The summed E-state index contributed by atoms with van der Waals surface area (Å²) in [6, 6.07) is 7.75. The van der Waals surface area contributed by atoms with Gasteiger partial charge in [-0.25, -0.2) is 0 Å². The third kappa shape index (κ3) is 3.36. The number of amides is 1. The highest BCUT2D eigenvalue weighted by Gasteiger charge is 2.54. The van der Waals surface area contributed by atoms with Crippen LogP contribution in [0.3, 0.4) is 0 Å². The number of carbonyl (C=O) groups is 1. The van der Waals surface area contributed by atoms with Crippen molar-refractivity contribution >= 4 is 5.91 Å². The molecule has 2 atom stereocenters. The number of nitrogens with one attached hydrogen (secondary N) is 1. The molecule has 2 saturated carbocycles. The number of carbonyl (C=O) groups excluding carboxylic acids is 1. The first-order valence-corrected chi connectivity index (χ1v) is 10.1. The zero-order valence-electron chi connectivity index (χ0n) is 16.8. The van der Waals surface area contributed by atoms with Gasteiger partial charge >= 0.3 is 0 Å². The van der Waals surface area contributed by atoms with E-state index in [2.05, 4.69) is 17.4 Å². The normalized spacial score (nSPS) is 23.1. The lowest BCUT2D eigenvalue weighted by atomic mass is 9.85.